The van der Waals surface area contributed by atoms with Crippen molar-refractivity contribution in [1.82, 2.24) is 9.55 Å². The molecule has 1 amide bonds. The van der Waals surface area contributed by atoms with Crippen molar-refractivity contribution in [2.75, 3.05) is 23.8 Å². The van der Waals surface area contributed by atoms with E-state index in [4.69, 9.17) is 10.5 Å². The zero-order valence-electron chi connectivity index (χ0n) is 16.0. The van der Waals surface area contributed by atoms with Crippen molar-refractivity contribution in [2.45, 2.75) is 58.9 Å². The number of anilines is 2. The third-order valence-corrected chi connectivity index (χ3v) is 4.74. The number of unbranched alkanes of at least 4 members (excludes halogenated alkanes) is 1. The van der Waals surface area contributed by atoms with Crippen molar-refractivity contribution in [3.05, 3.63) is 20.8 Å². The van der Waals surface area contributed by atoms with Gasteiger partial charge in [0, 0.05) is 13.1 Å². The molecule has 9 heteroatoms. The lowest BCUT2D eigenvalue weighted by atomic mass is 9.86. The average Bonchev–Trinajstić information content (AvgIpc) is 2.57. The summed E-state index contributed by atoms with van der Waals surface area (Å²) >= 11 is 0. The van der Waals surface area contributed by atoms with E-state index in [2.05, 4.69) is 4.98 Å². The van der Waals surface area contributed by atoms with Crippen LogP contribution in [0.5, 0.6) is 0 Å². The highest BCUT2D eigenvalue weighted by Crippen LogP contribution is 2.27. The van der Waals surface area contributed by atoms with E-state index < -0.39 is 23.8 Å². The molecule has 0 unspecified atom stereocenters. The molecule has 0 radical (unpaired) electrons. The molecule has 1 saturated carbocycles. The van der Waals surface area contributed by atoms with E-state index in [1.54, 1.807) is 0 Å². The summed E-state index contributed by atoms with van der Waals surface area (Å²) in [5.74, 6) is -1.11. The highest BCUT2D eigenvalue weighted by atomic mass is 16.5. The van der Waals surface area contributed by atoms with Crippen molar-refractivity contribution < 1.29 is 14.3 Å². The maximum Gasteiger partial charge on any atom is 0.330 e. The van der Waals surface area contributed by atoms with E-state index in [1.165, 1.54) is 9.47 Å². The van der Waals surface area contributed by atoms with Gasteiger partial charge in [-0.1, -0.05) is 26.7 Å². The van der Waals surface area contributed by atoms with Crippen LogP contribution in [0.25, 0.3) is 0 Å². The molecule has 0 bridgehead atoms. The zero-order chi connectivity index (χ0) is 20.0. The summed E-state index contributed by atoms with van der Waals surface area (Å²) < 4.78 is 6.36. The number of nitrogens with one attached hydrogen (secondary N) is 1. The summed E-state index contributed by atoms with van der Waals surface area (Å²) in [4.78, 5) is 52.4. The molecular formula is C18H28N4O5. The molecule has 1 fully saturated rings. The second-order valence-electron chi connectivity index (χ2n) is 6.78. The van der Waals surface area contributed by atoms with Crippen LogP contribution in [-0.4, -0.2) is 34.6 Å². The predicted molar refractivity (Wildman–Crippen MR) is 102 cm³/mol. The molecule has 150 valence electrons. The fourth-order valence-corrected chi connectivity index (χ4v) is 2.93. The van der Waals surface area contributed by atoms with Gasteiger partial charge in [0.25, 0.3) is 11.5 Å². The summed E-state index contributed by atoms with van der Waals surface area (Å²) in [7, 11) is 0. The highest BCUT2D eigenvalue weighted by Gasteiger charge is 2.29. The molecular weight excluding hydrogens is 352 g/mol. The maximum absolute atomic E-state index is 12.7. The number of carbonyl (C=O) groups excluding carboxylic acids is 2. The number of carbonyl (C=O) groups is 2. The number of hydrogen-bond donors (Lipinski definition) is 2. The van der Waals surface area contributed by atoms with E-state index in [0.717, 1.165) is 25.7 Å². The van der Waals surface area contributed by atoms with Crippen LogP contribution in [0.2, 0.25) is 0 Å². The number of H-pyrrole nitrogens is 1. The van der Waals surface area contributed by atoms with Crippen LogP contribution in [0.15, 0.2) is 9.59 Å². The lowest BCUT2D eigenvalue weighted by Gasteiger charge is -2.26. The summed E-state index contributed by atoms with van der Waals surface area (Å²) in [5.41, 5.74) is 4.66. The molecule has 1 heterocycles. The molecule has 0 saturated heterocycles. The number of amides is 1. The highest BCUT2D eigenvalue weighted by molar-refractivity contribution is 5.97. The Hall–Kier alpha value is -2.58. The number of nitrogens with two attached hydrogens (primary N) is 1. The van der Waals surface area contributed by atoms with Gasteiger partial charge in [-0.2, -0.15) is 0 Å². The summed E-state index contributed by atoms with van der Waals surface area (Å²) in [6.45, 7) is 3.93. The van der Waals surface area contributed by atoms with Crippen LogP contribution in [0, 0.1) is 5.92 Å². The zero-order valence-corrected chi connectivity index (χ0v) is 16.0. The van der Waals surface area contributed by atoms with Crippen molar-refractivity contribution in [3.8, 4) is 0 Å². The van der Waals surface area contributed by atoms with Crippen LogP contribution in [0.1, 0.15) is 52.4 Å². The molecule has 27 heavy (non-hydrogen) atoms. The first kappa shape index (κ1) is 20.7. The molecule has 0 atom stereocenters. The first-order chi connectivity index (χ1) is 12.9. The largest absolute Gasteiger partial charge is 0.455 e. The van der Waals surface area contributed by atoms with Crippen LogP contribution in [0.3, 0.4) is 0 Å². The van der Waals surface area contributed by atoms with E-state index in [1.807, 2.05) is 13.8 Å². The number of rotatable bonds is 9. The minimum absolute atomic E-state index is 0.0552. The Morgan fingerprint density at radius 1 is 1.26 bits per heavy atom. The van der Waals surface area contributed by atoms with E-state index >= 15 is 0 Å². The van der Waals surface area contributed by atoms with Crippen LogP contribution in [0.4, 0.5) is 11.5 Å². The van der Waals surface area contributed by atoms with Gasteiger partial charge in [-0.25, -0.2) is 4.79 Å². The van der Waals surface area contributed by atoms with Gasteiger partial charge in [0.1, 0.15) is 5.82 Å². The second kappa shape index (κ2) is 9.38. The standard InChI is InChI=1S/C18H28N4O5/c1-3-5-10-21(13(23)11-27-17(25)12-7-6-8-12)14-15(19)22(9-4-2)18(26)20-16(14)24/h12H,3-11,19H2,1-2H3,(H,20,24,26). The first-order valence-electron chi connectivity index (χ1n) is 9.50. The molecule has 1 aromatic rings. The lowest BCUT2D eigenvalue weighted by Crippen LogP contribution is -2.43. The van der Waals surface area contributed by atoms with Gasteiger partial charge in [0.15, 0.2) is 12.3 Å². The average molecular weight is 380 g/mol. The molecule has 9 nitrogen and oxygen atoms in total. The summed E-state index contributed by atoms with van der Waals surface area (Å²) in [5, 5.41) is 0. The Kier molecular flexibility index (Phi) is 7.20. The SMILES string of the molecule is CCCCN(C(=O)COC(=O)C1CCC1)c1c(N)n(CCC)c(=O)[nH]c1=O. The van der Waals surface area contributed by atoms with Crippen molar-refractivity contribution >= 4 is 23.4 Å². The number of esters is 1. The monoisotopic (exact) mass is 380 g/mol. The summed E-state index contributed by atoms with van der Waals surface area (Å²) in [6, 6.07) is 0. The van der Waals surface area contributed by atoms with E-state index in [-0.39, 0.29) is 29.9 Å². The number of ether oxygens (including phenoxy) is 1. The molecule has 1 aliphatic rings. The minimum Gasteiger partial charge on any atom is -0.455 e. The molecule has 0 aliphatic heterocycles. The molecule has 0 aromatic carbocycles. The predicted octanol–water partition coefficient (Wildman–Crippen LogP) is 1.01. The van der Waals surface area contributed by atoms with Crippen molar-refractivity contribution in [1.29, 1.82) is 0 Å². The van der Waals surface area contributed by atoms with Gasteiger partial charge in [-0.05, 0) is 25.7 Å². The van der Waals surface area contributed by atoms with Crippen LogP contribution >= 0.6 is 0 Å². The van der Waals surface area contributed by atoms with Crippen molar-refractivity contribution in [2.24, 2.45) is 5.92 Å². The number of aromatic amines is 1. The third kappa shape index (κ3) is 4.78. The second-order valence-corrected chi connectivity index (χ2v) is 6.78. The molecule has 1 aromatic heterocycles. The number of nitrogen functional groups attached to an aromatic ring is 1. The normalized spacial score (nSPS) is 13.9. The maximum atomic E-state index is 12.7. The van der Waals surface area contributed by atoms with Crippen LogP contribution in [-0.2, 0) is 20.9 Å². The van der Waals surface area contributed by atoms with Gasteiger partial charge >= 0.3 is 11.7 Å². The molecule has 0 spiro atoms. The van der Waals surface area contributed by atoms with Crippen molar-refractivity contribution in [3.63, 3.8) is 0 Å². The Bertz CT molecular complexity index is 794. The van der Waals surface area contributed by atoms with Gasteiger partial charge in [-0.3, -0.25) is 23.9 Å². The Morgan fingerprint density at radius 2 is 1.96 bits per heavy atom. The minimum atomic E-state index is -0.723. The lowest BCUT2D eigenvalue weighted by molar-refractivity contribution is -0.154. The Labute approximate surface area is 157 Å². The quantitative estimate of drug-likeness (QED) is 0.615. The summed E-state index contributed by atoms with van der Waals surface area (Å²) in [6.07, 6.45) is 4.60. The molecule has 2 rings (SSSR count). The van der Waals surface area contributed by atoms with Gasteiger partial charge < -0.3 is 15.4 Å². The number of aromatic nitrogens is 2. The van der Waals surface area contributed by atoms with Gasteiger partial charge in [0.05, 0.1) is 5.92 Å². The van der Waals surface area contributed by atoms with E-state index in [9.17, 15) is 19.2 Å². The smallest absolute Gasteiger partial charge is 0.330 e. The van der Waals surface area contributed by atoms with Gasteiger partial charge in [-0.15, -0.1) is 0 Å². The fourth-order valence-electron chi connectivity index (χ4n) is 2.93. The van der Waals surface area contributed by atoms with Crippen LogP contribution < -0.4 is 21.9 Å². The number of nitrogens with zero attached hydrogens (tertiary/aromatic N) is 2. The Morgan fingerprint density at radius 3 is 2.52 bits per heavy atom. The fraction of sp³-hybridized carbons (Fsp3) is 0.667. The first-order valence-corrected chi connectivity index (χ1v) is 9.50. The van der Waals surface area contributed by atoms with E-state index in [0.29, 0.717) is 19.4 Å². The third-order valence-electron chi connectivity index (χ3n) is 4.74. The molecule has 3 N–H and O–H groups in total. The Balaban J connectivity index is 2.28. The molecule has 1 aliphatic carbocycles. The topological polar surface area (TPSA) is 127 Å². The number of hydrogen-bond acceptors (Lipinski definition) is 6. The van der Waals surface area contributed by atoms with Gasteiger partial charge in [0.2, 0.25) is 0 Å².